The van der Waals surface area contributed by atoms with Crippen LogP contribution in [0.1, 0.15) is 37.9 Å². The average molecular weight is 241 g/mol. The van der Waals surface area contributed by atoms with Crippen molar-refractivity contribution in [2.75, 3.05) is 0 Å². The third-order valence-corrected chi connectivity index (χ3v) is 2.91. The molecule has 0 fully saturated rings. The van der Waals surface area contributed by atoms with Crippen LogP contribution in [0.5, 0.6) is 0 Å². The van der Waals surface area contributed by atoms with Gasteiger partial charge in [0.25, 0.3) is 0 Å². The third-order valence-electron chi connectivity index (χ3n) is 2.91. The number of carbonyl (C=O) groups excluding carboxylic acids is 1. The maximum absolute atomic E-state index is 11.9. The summed E-state index contributed by atoms with van der Waals surface area (Å²) in [4.78, 5) is 19.3. The number of aromatic amines is 1. The lowest BCUT2D eigenvalue weighted by molar-refractivity contribution is -0.119. The molecular formula is C14H15N3O. The van der Waals surface area contributed by atoms with E-state index >= 15 is 0 Å². The fourth-order valence-corrected chi connectivity index (χ4v) is 1.89. The summed E-state index contributed by atoms with van der Waals surface area (Å²) in [5, 5.41) is 9.14. The SMILES string of the molecule is CCCCC(=O)[C@@H](C#N)c1nc2ccccc2[nH]1. The molecule has 0 bridgehead atoms. The minimum atomic E-state index is -0.774. The number of imidazole rings is 1. The Hall–Kier alpha value is -2.15. The van der Waals surface area contributed by atoms with Crippen LogP contribution in [0.25, 0.3) is 11.0 Å². The Morgan fingerprint density at radius 3 is 2.94 bits per heavy atom. The van der Waals surface area contributed by atoms with Gasteiger partial charge in [0, 0.05) is 6.42 Å². The quantitative estimate of drug-likeness (QED) is 0.874. The molecule has 4 heteroatoms. The molecule has 0 saturated carbocycles. The molecule has 0 radical (unpaired) electrons. The molecule has 92 valence electrons. The van der Waals surface area contributed by atoms with E-state index in [0.29, 0.717) is 12.2 Å². The normalized spacial score (nSPS) is 12.2. The number of carbonyl (C=O) groups is 1. The zero-order valence-electron chi connectivity index (χ0n) is 10.3. The minimum absolute atomic E-state index is 0.0570. The van der Waals surface area contributed by atoms with E-state index in [0.717, 1.165) is 23.9 Å². The number of rotatable bonds is 5. The summed E-state index contributed by atoms with van der Waals surface area (Å²) >= 11 is 0. The standard InChI is InChI=1S/C14H15N3O/c1-2-3-8-13(18)10(9-15)14-16-11-6-4-5-7-12(11)17-14/h4-7,10H,2-3,8H2,1H3,(H,16,17)/t10-/m1/s1. The summed E-state index contributed by atoms with van der Waals surface area (Å²) in [6, 6.07) is 9.57. The Bertz CT molecular complexity index is 561. The molecule has 0 aliphatic heterocycles. The third kappa shape index (κ3) is 2.40. The van der Waals surface area contributed by atoms with Gasteiger partial charge in [0.1, 0.15) is 5.82 Å². The molecule has 2 aromatic rings. The number of nitrogens with one attached hydrogen (secondary N) is 1. The van der Waals surface area contributed by atoms with Gasteiger partial charge < -0.3 is 4.98 Å². The van der Waals surface area contributed by atoms with Gasteiger partial charge in [-0.15, -0.1) is 0 Å². The molecular weight excluding hydrogens is 226 g/mol. The Kier molecular flexibility index (Phi) is 3.73. The molecule has 0 spiro atoms. The predicted molar refractivity (Wildman–Crippen MR) is 69.0 cm³/mol. The summed E-state index contributed by atoms with van der Waals surface area (Å²) in [5.41, 5.74) is 1.65. The van der Waals surface area contributed by atoms with Gasteiger partial charge in [0.2, 0.25) is 0 Å². The van der Waals surface area contributed by atoms with E-state index < -0.39 is 5.92 Å². The molecule has 1 aromatic carbocycles. The Labute approximate surface area is 106 Å². The number of nitrogens with zero attached hydrogens (tertiary/aromatic N) is 2. The van der Waals surface area contributed by atoms with Crippen LogP contribution in [0.4, 0.5) is 0 Å². The van der Waals surface area contributed by atoms with Crippen LogP contribution < -0.4 is 0 Å². The second kappa shape index (κ2) is 5.46. The summed E-state index contributed by atoms with van der Waals surface area (Å²) in [6.45, 7) is 2.02. The van der Waals surface area contributed by atoms with Gasteiger partial charge in [0.15, 0.2) is 11.7 Å². The Morgan fingerprint density at radius 2 is 2.28 bits per heavy atom. The molecule has 1 atom stereocenters. The van der Waals surface area contributed by atoms with Crippen molar-refractivity contribution in [3.8, 4) is 6.07 Å². The summed E-state index contributed by atoms with van der Waals surface area (Å²) < 4.78 is 0. The smallest absolute Gasteiger partial charge is 0.162 e. The topological polar surface area (TPSA) is 69.5 Å². The van der Waals surface area contributed by atoms with E-state index in [9.17, 15) is 4.79 Å². The van der Waals surface area contributed by atoms with Crippen LogP contribution in [-0.4, -0.2) is 15.8 Å². The van der Waals surface area contributed by atoms with Gasteiger partial charge in [0.05, 0.1) is 17.1 Å². The van der Waals surface area contributed by atoms with E-state index in [1.165, 1.54) is 0 Å². The maximum atomic E-state index is 11.9. The lowest BCUT2D eigenvalue weighted by Gasteiger charge is -2.03. The van der Waals surface area contributed by atoms with Crippen molar-refractivity contribution < 1.29 is 4.79 Å². The van der Waals surface area contributed by atoms with Crippen molar-refractivity contribution in [2.24, 2.45) is 0 Å². The molecule has 0 unspecified atom stereocenters. The van der Waals surface area contributed by atoms with E-state index in [1.807, 2.05) is 37.3 Å². The fraction of sp³-hybridized carbons (Fsp3) is 0.357. The van der Waals surface area contributed by atoms with E-state index in [1.54, 1.807) is 0 Å². The monoisotopic (exact) mass is 241 g/mol. The number of benzene rings is 1. The number of hydrogen-bond acceptors (Lipinski definition) is 3. The fourth-order valence-electron chi connectivity index (χ4n) is 1.89. The number of Topliss-reactive ketones (excluding diaryl/α,β-unsaturated/α-hetero) is 1. The minimum Gasteiger partial charge on any atom is -0.340 e. The second-order valence-electron chi connectivity index (χ2n) is 4.27. The maximum Gasteiger partial charge on any atom is 0.162 e. The van der Waals surface area contributed by atoms with Crippen molar-refractivity contribution in [2.45, 2.75) is 32.1 Å². The van der Waals surface area contributed by atoms with Gasteiger partial charge in [-0.2, -0.15) is 5.26 Å². The van der Waals surface area contributed by atoms with Gasteiger partial charge in [-0.25, -0.2) is 4.98 Å². The first-order valence-corrected chi connectivity index (χ1v) is 6.13. The number of fused-ring (bicyclic) bond motifs is 1. The predicted octanol–water partition coefficient (Wildman–Crippen LogP) is 2.93. The van der Waals surface area contributed by atoms with Crippen LogP contribution in [0.15, 0.2) is 24.3 Å². The van der Waals surface area contributed by atoms with Crippen LogP contribution in [0.3, 0.4) is 0 Å². The van der Waals surface area contributed by atoms with Crippen molar-refractivity contribution >= 4 is 16.8 Å². The molecule has 0 saturated heterocycles. The molecule has 1 N–H and O–H groups in total. The van der Waals surface area contributed by atoms with Gasteiger partial charge in [-0.1, -0.05) is 25.5 Å². The Morgan fingerprint density at radius 1 is 1.50 bits per heavy atom. The van der Waals surface area contributed by atoms with Crippen molar-refractivity contribution in [3.05, 3.63) is 30.1 Å². The number of unbranched alkanes of at least 4 members (excludes halogenated alkanes) is 1. The lowest BCUT2D eigenvalue weighted by Crippen LogP contribution is -2.12. The largest absolute Gasteiger partial charge is 0.340 e. The zero-order valence-corrected chi connectivity index (χ0v) is 10.3. The number of ketones is 1. The van der Waals surface area contributed by atoms with Crippen molar-refractivity contribution in [3.63, 3.8) is 0 Å². The first-order chi connectivity index (χ1) is 8.76. The van der Waals surface area contributed by atoms with Crippen molar-refractivity contribution in [1.29, 1.82) is 5.26 Å². The van der Waals surface area contributed by atoms with Crippen LogP contribution in [0.2, 0.25) is 0 Å². The second-order valence-corrected chi connectivity index (χ2v) is 4.27. The highest BCUT2D eigenvalue weighted by atomic mass is 16.1. The van der Waals surface area contributed by atoms with E-state index in [2.05, 4.69) is 9.97 Å². The summed E-state index contributed by atoms with van der Waals surface area (Å²) in [5.74, 6) is -0.373. The number of nitriles is 1. The Balaban J connectivity index is 2.27. The van der Waals surface area contributed by atoms with Crippen molar-refractivity contribution in [1.82, 2.24) is 9.97 Å². The molecule has 1 aromatic heterocycles. The molecule has 0 amide bonds. The number of para-hydroxylation sites is 2. The summed E-state index contributed by atoms with van der Waals surface area (Å²) in [7, 11) is 0. The first-order valence-electron chi connectivity index (χ1n) is 6.13. The molecule has 0 aliphatic rings. The van der Waals surface area contributed by atoms with Crippen LogP contribution >= 0.6 is 0 Å². The molecule has 1 heterocycles. The van der Waals surface area contributed by atoms with Crippen LogP contribution in [-0.2, 0) is 4.79 Å². The number of H-pyrrole nitrogens is 1. The van der Waals surface area contributed by atoms with E-state index in [-0.39, 0.29) is 5.78 Å². The molecule has 0 aliphatic carbocycles. The first kappa shape index (κ1) is 12.3. The average Bonchev–Trinajstić information content (AvgIpc) is 2.80. The van der Waals surface area contributed by atoms with Gasteiger partial charge >= 0.3 is 0 Å². The lowest BCUT2D eigenvalue weighted by atomic mass is 10.0. The van der Waals surface area contributed by atoms with E-state index in [4.69, 9.17) is 5.26 Å². The highest BCUT2D eigenvalue weighted by Crippen LogP contribution is 2.19. The zero-order chi connectivity index (χ0) is 13.0. The number of aromatic nitrogens is 2. The highest BCUT2D eigenvalue weighted by Gasteiger charge is 2.22. The highest BCUT2D eigenvalue weighted by molar-refractivity contribution is 5.88. The number of hydrogen-bond donors (Lipinski definition) is 1. The molecule has 2 rings (SSSR count). The van der Waals surface area contributed by atoms with Crippen LogP contribution in [0, 0.1) is 11.3 Å². The molecule has 18 heavy (non-hydrogen) atoms. The molecule has 4 nitrogen and oxygen atoms in total. The van der Waals surface area contributed by atoms with Gasteiger partial charge in [-0.05, 0) is 18.6 Å². The van der Waals surface area contributed by atoms with Gasteiger partial charge in [-0.3, -0.25) is 4.79 Å². The summed E-state index contributed by atoms with van der Waals surface area (Å²) in [6.07, 6.45) is 2.20.